The fraction of sp³-hybridized carbons (Fsp3) is 0.655. The first-order valence-electron chi connectivity index (χ1n) is 14.0. The number of carbonyl (C=O) groups excluding carboxylic acids is 2. The van der Waals surface area contributed by atoms with Crippen LogP contribution in [0, 0.1) is 28.6 Å². The number of fused-ring (bicyclic) bond motifs is 2. The topological polar surface area (TPSA) is 152 Å². The molecule has 1 saturated heterocycles. The highest BCUT2D eigenvalue weighted by Crippen LogP contribution is 2.87. The van der Waals surface area contributed by atoms with Crippen molar-refractivity contribution in [2.75, 3.05) is 13.7 Å². The number of esters is 1. The molecule has 4 fully saturated rings. The summed E-state index contributed by atoms with van der Waals surface area (Å²) in [7, 11) is -2.89. The van der Waals surface area contributed by atoms with Crippen LogP contribution in [0.4, 0.5) is 0 Å². The van der Waals surface area contributed by atoms with Crippen molar-refractivity contribution < 1.29 is 41.9 Å². The number of cyclic esters (lactones) is 1. The third kappa shape index (κ3) is 2.90. The average molecular weight is 574 g/mol. The molecule has 9 atom stereocenters. The van der Waals surface area contributed by atoms with Gasteiger partial charge in [-0.2, -0.15) is 8.42 Å². The molecular weight excluding hydrogens is 538 g/mol. The van der Waals surface area contributed by atoms with Gasteiger partial charge in [-0.15, -0.1) is 0 Å². The van der Waals surface area contributed by atoms with E-state index in [1.165, 1.54) is 31.3 Å². The van der Waals surface area contributed by atoms with Gasteiger partial charge in [-0.1, -0.05) is 20.8 Å². The van der Waals surface area contributed by atoms with Crippen LogP contribution in [0.1, 0.15) is 56.8 Å². The zero-order valence-corrected chi connectivity index (χ0v) is 23.8. The first-order chi connectivity index (χ1) is 18.8. The van der Waals surface area contributed by atoms with Gasteiger partial charge in [0.05, 0.1) is 11.0 Å². The maximum Gasteiger partial charge on any atom is 0.334 e. The number of aliphatic hydroxyl groups excluding tert-OH is 1. The van der Waals surface area contributed by atoms with E-state index < -0.39 is 50.3 Å². The van der Waals surface area contributed by atoms with Crippen LogP contribution in [-0.4, -0.2) is 73.7 Å². The van der Waals surface area contributed by atoms with Crippen LogP contribution in [0.25, 0.3) is 0 Å². The Morgan fingerprint density at radius 1 is 1.23 bits per heavy atom. The Hall–Kier alpha value is -2.31. The van der Waals surface area contributed by atoms with Crippen molar-refractivity contribution >= 4 is 22.0 Å². The largest absolute Gasteiger partial charge is 0.458 e. The van der Waals surface area contributed by atoms with Crippen LogP contribution in [-0.2, 0) is 28.6 Å². The van der Waals surface area contributed by atoms with E-state index in [0.29, 0.717) is 31.2 Å². The van der Waals surface area contributed by atoms with Gasteiger partial charge in [0.15, 0.2) is 0 Å². The quantitative estimate of drug-likeness (QED) is 0.272. The number of rotatable bonds is 5. The highest BCUT2D eigenvalue weighted by Gasteiger charge is 2.94. The molecule has 216 valence electrons. The van der Waals surface area contributed by atoms with E-state index in [-0.39, 0.29) is 41.3 Å². The molecule has 40 heavy (non-hydrogen) atoms. The predicted octanol–water partition coefficient (Wildman–Crippen LogP) is 1.70. The standard InChI is InChI=1S/C29H35NO9S/c1-14(2)28(34)22(39-40(35,36)16-7-5-15(6-8-16)23(31)30-4)20-12-27(20)26(3)10-9-17-18(13-37-24(17)32)19(26)11-21-29(27,38-21)25(28)33/h5-8,14,19-22,25,33-34H,9-13H2,1-4H3,(H,30,31)/t19-,20-,21-,22+,25+,26-,27?,28-,29+/m0/s1. The first kappa shape index (κ1) is 26.6. The summed E-state index contributed by atoms with van der Waals surface area (Å²) in [6.07, 6.45) is -0.505. The number of carbonyl (C=O) groups is 2. The molecule has 1 amide bonds. The van der Waals surface area contributed by atoms with Gasteiger partial charge in [0, 0.05) is 23.6 Å². The molecule has 2 aliphatic heterocycles. The van der Waals surface area contributed by atoms with Crippen LogP contribution >= 0.6 is 0 Å². The number of epoxide rings is 1. The number of hydrogen-bond donors (Lipinski definition) is 3. The molecule has 6 aliphatic rings. The molecule has 3 N–H and O–H groups in total. The van der Waals surface area contributed by atoms with Crippen molar-refractivity contribution in [2.24, 2.45) is 28.6 Å². The maximum absolute atomic E-state index is 13.6. The summed E-state index contributed by atoms with van der Waals surface area (Å²) in [4.78, 5) is 24.2. The van der Waals surface area contributed by atoms with Gasteiger partial charge in [0.25, 0.3) is 16.0 Å². The van der Waals surface area contributed by atoms with Gasteiger partial charge < -0.3 is 25.0 Å². The fourth-order valence-electron chi connectivity index (χ4n) is 9.34. The van der Waals surface area contributed by atoms with Crippen molar-refractivity contribution in [1.29, 1.82) is 0 Å². The zero-order valence-electron chi connectivity index (χ0n) is 23.0. The fourth-order valence-corrected chi connectivity index (χ4v) is 10.5. The molecule has 0 aromatic heterocycles. The van der Waals surface area contributed by atoms with Crippen molar-refractivity contribution in [3.63, 3.8) is 0 Å². The van der Waals surface area contributed by atoms with Gasteiger partial charge >= 0.3 is 5.97 Å². The van der Waals surface area contributed by atoms with E-state index in [4.69, 9.17) is 13.7 Å². The number of hydrogen-bond acceptors (Lipinski definition) is 9. The molecular formula is C29H35NO9S. The Bertz CT molecular complexity index is 1470. The molecule has 4 aliphatic carbocycles. The molecule has 7 rings (SSSR count). The lowest BCUT2D eigenvalue weighted by atomic mass is 9.44. The summed E-state index contributed by atoms with van der Waals surface area (Å²) in [5.74, 6) is -1.54. The van der Waals surface area contributed by atoms with Gasteiger partial charge in [-0.3, -0.25) is 8.98 Å². The van der Waals surface area contributed by atoms with Crippen molar-refractivity contribution in [1.82, 2.24) is 5.32 Å². The smallest absolute Gasteiger partial charge is 0.334 e. The SMILES string of the molecule is CNC(=O)c1ccc(S(=O)(=O)O[C@@H]2[C@@H]3CC34[C@]3(O[C@H]3C[C@H]3C5=C(CC[C@@]34C)C(=O)OC5)[C@H](O)[C@]2(O)C(C)C)cc1. The minimum atomic E-state index is -4.38. The lowest BCUT2D eigenvalue weighted by Gasteiger charge is -2.60. The van der Waals surface area contributed by atoms with E-state index in [2.05, 4.69) is 12.2 Å². The molecule has 0 bridgehead atoms. The second-order valence-corrected chi connectivity index (χ2v) is 14.6. The Balaban J connectivity index is 1.29. The predicted molar refractivity (Wildman–Crippen MR) is 139 cm³/mol. The normalized spacial score (nSPS) is 44.6. The van der Waals surface area contributed by atoms with Crippen molar-refractivity contribution in [2.45, 2.75) is 80.9 Å². The average Bonchev–Trinajstić information content (AvgIpc) is 3.82. The molecule has 2 heterocycles. The summed E-state index contributed by atoms with van der Waals surface area (Å²) in [5.41, 5.74) is -1.86. The Morgan fingerprint density at radius 3 is 2.58 bits per heavy atom. The number of ether oxygens (including phenoxy) is 2. The van der Waals surface area contributed by atoms with Gasteiger partial charge in [-0.05, 0) is 78.7 Å². The summed E-state index contributed by atoms with van der Waals surface area (Å²) in [5, 5.41) is 26.7. The Kier molecular flexibility index (Phi) is 5.28. The van der Waals surface area contributed by atoms with E-state index >= 15 is 0 Å². The van der Waals surface area contributed by atoms with E-state index in [1.54, 1.807) is 13.8 Å². The highest BCUT2D eigenvalue weighted by atomic mass is 32.2. The van der Waals surface area contributed by atoms with E-state index in [9.17, 15) is 28.2 Å². The summed E-state index contributed by atoms with van der Waals surface area (Å²) in [6.45, 7) is 5.92. The number of nitrogens with one attached hydrogen (secondary N) is 1. The first-order valence-corrected chi connectivity index (χ1v) is 15.4. The van der Waals surface area contributed by atoms with Crippen molar-refractivity contribution in [3.05, 3.63) is 41.0 Å². The Morgan fingerprint density at radius 2 is 1.93 bits per heavy atom. The lowest BCUT2D eigenvalue weighted by molar-refractivity contribution is -0.239. The van der Waals surface area contributed by atoms with Crippen LogP contribution in [0.5, 0.6) is 0 Å². The molecule has 3 saturated carbocycles. The molecule has 2 spiro atoms. The van der Waals surface area contributed by atoms with Crippen LogP contribution in [0.3, 0.4) is 0 Å². The third-order valence-electron chi connectivity index (χ3n) is 11.5. The number of aliphatic hydroxyl groups is 2. The second kappa shape index (κ2) is 7.95. The molecule has 0 radical (unpaired) electrons. The minimum absolute atomic E-state index is 0.000261. The third-order valence-corrected chi connectivity index (χ3v) is 12.8. The van der Waals surface area contributed by atoms with E-state index in [1.807, 2.05) is 0 Å². The molecule has 1 unspecified atom stereocenters. The molecule has 1 aromatic rings. The number of amides is 1. The summed E-state index contributed by atoms with van der Waals surface area (Å²) < 4.78 is 45.0. The van der Waals surface area contributed by atoms with E-state index in [0.717, 1.165) is 11.1 Å². The van der Waals surface area contributed by atoms with Crippen molar-refractivity contribution in [3.8, 4) is 0 Å². The highest BCUT2D eigenvalue weighted by molar-refractivity contribution is 7.86. The van der Waals surface area contributed by atoms with Gasteiger partial charge in [0.2, 0.25) is 0 Å². The minimum Gasteiger partial charge on any atom is -0.458 e. The molecule has 10 nitrogen and oxygen atoms in total. The van der Waals surface area contributed by atoms with Crippen LogP contribution in [0.15, 0.2) is 40.3 Å². The lowest BCUT2D eigenvalue weighted by Crippen LogP contribution is -2.73. The number of benzene rings is 1. The maximum atomic E-state index is 13.6. The second-order valence-electron chi connectivity index (χ2n) is 13.0. The molecule has 1 aromatic carbocycles. The van der Waals surface area contributed by atoms with Crippen LogP contribution in [0.2, 0.25) is 0 Å². The summed E-state index contributed by atoms with van der Waals surface area (Å²) in [6, 6.07) is 5.42. The zero-order chi connectivity index (χ0) is 28.6. The summed E-state index contributed by atoms with van der Waals surface area (Å²) >= 11 is 0. The van der Waals surface area contributed by atoms with Gasteiger partial charge in [0.1, 0.15) is 30.0 Å². The molecule has 11 heteroatoms. The Labute approximate surface area is 233 Å². The van der Waals surface area contributed by atoms with Crippen LogP contribution < -0.4 is 5.32 Å². The van der Waals surface area contributed by atoms with Gasteiger partial charge in [-0.25, -0.2) is 4.79 Å². The monoisotopic (exact) mass is 573 g/mol.